The fraction of sp³-hybridized carbons (Fsp3) is 0.286. The zero-order chi connectivity index (χ0) is 15.2. The number of hydrogen-bond acceptors (Lipinski definition) is 5. The molecule has 0 aliphatic carbocycles. The zero-order valence-corrected chi connectivity index (χ0v) is 13.2. The molecule has 0 aliphatic heterocycles. The van der Waals surface area contributed by atoms with Crippen LogP contribution in [0.3, 0.4) is 0 Å². The Kier molecular flexibility index (Phi) is 5.47. The highest BCUT2D eigenvalue weighted by Gasteiger charge is 2.09. The van der Waals surface area contributed by atoms with E-state index < -0.39 is 0 Å². The number of nitrogens with one attached hydrogen (secondary N) is 2. The Morgan fingerprint density at radius 2 is 1.95 bits per heavy atom. The lowest BCUT2D eigenvalue weighted by molar-refractivity contribution is 0.831. The number of unbranched alkanes of at least 4 members (excludes halogenated alkanes) is 1. The van der Waals surface area contributed by atoms with Gasteiger partial charge in [-0.15, -0.1) is 0 Å². The lowest BCUT2D eigenvalue weighted by atomic mass is 10.3. The van der Waals surface area contributed by atoms with Crippen LogP contribution in [0, 0.1) is 0 Å². The second-order valence-corrected chi connectivity index (χ2v) is 5.36. The van der Waals surface area contributed by atoms with Crippen LogP contribution in [0.2, 0.25) is 10.0 Å². The van der Waals surface area contributed by atoms with E-state index in [9.17, 15) is 0 Å². The van der Waals surface area contributed by atoms with Crippen molar-refractivity contribution in [1.29, 1.82) is 0 Å². The summed E-state index contributed by atoms with van der Waals surface area (Å²) >= 11 is 12.0. The standard InChI is InChI=1S/C14H17Cl2N5/c1-2-3-6-18-13-12(17)14(20-8-19-13)21-11-5-4-9(15)7-10(11)16/h4-5,7-8H,2-3,6,17H2,1H3,(H2,18,19,20,21). The van der Waals surface area contributed by atoms with Crippen LogP contribution in [0.25, 0.3) is 0 Å². The lowest BCUT2D eigenvalue weighted by Gasteiger charge is -2.13. The summed E-state index contributed by atoms with van der Waals surface area (Å²) in [4.78, 5) is 8.29. The van der Waals surface area contributed by atoms with Gasteiger partial charge < -0.3 is 16.4 Å². The van der Waals surface area contributed by atoms with Gasteiger partial charge in [0.1, 0.15) is 12.0 Å². The number of benzene rings is 1. The van der Waals surface area contributed by atoms with Gasteiger partial charge in [0.25, 0.3) is 0 Å². The van der Waals surface area contributed by atoms with Crippen LogP contribution in [0.4, 0.5) is 23.0 Å². The molecule has 0 amide bonds. The fourth-order valence-corrected chi connectivity index (χ4v) is 2.19. The minimum Gasteiger partial charge on any atom is -0.393 e. The fourth-order valence-electron chi connectivity index (χ4n) is 1.74. The van der Waals surface area contributed by atoms with Crippen LogP contribution in [0.15, 0.2) is 24.5 Å². The van der Waals surface area contributed by atoms with E-state index in [1.807, 2.05) is 0 Å². The van der Waals surface area contributed by atoms with E-state index in [0.29, 0.717) is 33.1 Å². The molecule has 1 aromatic carbocycles. The molecule has 0 atom stereocenters. The second-order valence-electron chi connectivity index (χ2n) is 4.51. The maximum Gasteiger partial charge on any atom is 0.159 e. The number of rotatable bonds is 6. The molecule has 0 fully saturated rings. The van der Waals surface area contributed by atoms with E-state index in [-0.39, 0.29) is 0 Å². The Hall–Kier alpha value is -1.72. The van der Waals surface area contributed by atoms with Gasteiger partial charge in [0, 0.05) is 11.6 Å². The molecule has 112 valence electrons. The first-order valence-corrected chi connectivity index (χ1v) is 7.43. The van der Waals surface area contributed by atoms with E-state index >= 15 is 0 Å². The average molecular weight is 326 g/mol. The molecule has 0 aliphatic rings. The van der Waals surface area contributed by atoms with Crippen molar-refractivity contribution >= 4 is 46.2 Å². The Morgan fingerprint density at radius 3 is 2.67 bits per heavy atom. The smallest absolute Gasteiger partial charge is 0.159 e. The monoisotopic (exact) mass is 325 g/mol. The van der Waals surface area contributed by atoms with Gasteiger partial charge in [-0.1, -0.05) is 36.5 Å². The summed E-state index contributed by atoms with van der Waals surface area (Å²) in [6.45, 7) is 2.94. The van der Waals surface area contributed by atoms with Crippen LogP contribution < -0.4 is 16.4 Å². The molecule has 0 saturated heterocycles. The molecular weight excluding hydrogens is 309 g/mol. The lowest BCUT2D eigenvalue weighted by Crippen LogP contribution is -2.09. The largest absolute Gasteiger partial charge is 0.393 e. The van der Waals surface area contributed by atoms with Crippen molar-refractivity contribution in [2.45, 2.75) is 19.8 Å². The SMILES string of the molecule is CCCCNc1ncnc(Nc2ccc(Cl)cc2Cl)c1N. The summed E-state index contributed by atoms with van der Waals surface area (Å²) in [6.07, 6.45) is 3.61. The Bertz CT molecular complexity index is 618. The van der Waals surface area contributed by atoms with Crippen molar-refractivity contribution < 1.29 is 0 Å². The Labute approximate surface area is 133 Å². The van der Waals surface area contributed by atoms with Crippen molar-refractivity contribution in [3.05, 3.63) is 34.6 Å². The number of nitrogens with two attached hydrogens (primary N) is 1. The molecule has 0 unspecified atom stereocenters. The number of nitrogen functional groups attached to an aromatic ring is 1. The molecule has 1 heterocycles. The van der Waals surface area contributed by atoms with Crippen molar-refractivity contribution in [2.24, 2.45) is 0 Å². The second kappa shape index (κ2) is 7.33. The predicted octanol–water partition coefficient (Wildman–Crippen LogP) is 4.32. The van der Waals surface area contributed by atoms with Crippen LogP contribution >= 0.6 is 23.2 Å². The Morgan fingerprint density at radius 1 is 1.19 bits per heavy atom. The van der Waals surface area contributed by atoms with Gasteiger partial charge in [-0.05, 0) is 24.6 Å². The van der Waals surface area contributed by atoms with E-state index in [2.05, 4.69) is 27.5 Å². The maximum atomic E-state index is 6.13. The maximum absolute atomic E-state index is 6.13. The first-order chi connectivity index (χ1) is 10.1. The van der Waals surface area contributed by atoms with Crippen LogP contribution in [-0.2, 0) is 0 Å². The first kappa shape index (κ1) is 15.7. The average Bonchev–Trinajstić information content (AvgIpc) is 2.46. The quantitative estimate of drug-likeness (QED) is 0.689. The van der Waals surface area contributed by atoms with Crippen LogP contribution in [-0.4, -0.2) is 16.5 Å². The summed E-state index contributed by atoms with van der Waals surface area (Å²) in [5, 5.41) is 7.36. The molecule has 5 nitrogen and oxygen atoms in total. The molecule has 21 heavy (non-hydrogen) atoms. The van der Waals surface area contributed by atoms with Crippen LogP contribution in [0.5, 0.6) is 0 Å². The minimum atomic E-state index is 0.458. The third-order valence-corrected chi connectivity index (χ3v) is 3.44. The Balaban J connectivity index is 2.18. The topological polar surface area (TPSA) is 75.9 Å². The van der Waals surface area contributed by atoms with E-state index in [0.717, 1.165) is 19.4 Å². The van der Waals surface area contributed by atoms with Crippen LogP contribution in [0.1, 0.15) is 19.8 Å². The summed E-state index contributed by atoms with van der Waals surface area (Å²) in [5.41, 5.74) is 7.22. The van der Waals surface area contributed by atoms with Gasteiger partial charge in [-0.2, -0.15) is 0 Å². The number of aromatic nitrogens is 2. The first-order valence-electron chi connectivity index (χ1n) is 6.68. The molecule has 1 aromatic heterocycles. The van der Waals surface area contributed by atoms with Gasteiger partial charge in [0.15, 0.2) is 11.6 Å². The van der Waals surface area contributed by atoms with Gasteiger partial charge in [-0.3, -0.25) is 0 Å². The number of hydrogen-bond donors (Lipinski definition) is 3. The molecule has 0 saturated carbocycles. The highest BCUT2D eigenvalue weighted by molar-refractivity contribution is 6.36. The summed E-state index contributed by atoms with van der Waals surface area (Å²) in [7, 11) is 0. The molecule has 2 rings (SSSR count). The molecule has 2 aromatic rings. The van der Waals surface area contributed by atoms with Gasteiger partial charge in [-0.25, -0.2) is 9.97 Å². The van der Waals surface area contributed by atoms with Crippen molar-refractivity contribution in [3.8, 4) is 0 Å². The molecular formula is C14H17Cl2N5. The third kappa shape index (κ3) is 4.12. The van der Waals surface area contributed by atoms with Crippen molar-refractivity contribution in [3.63, 3.8) is 0 Å². The summed E-state index contributed by atoms with van der Waals surface area (Å²) < 4.78 is 0. The van der Waals surface area contributed by atoms with Crippen molar-refractivity contribution in [2.75, 3.05) is 22.9 Å². The number of halogens is 2. The predicted molar refractivity (Wildman–Crippen MR) is 89.6 cm³/mol. The van der Waals surface area contributed by atoms with E-state index in [1.54, 1.807) is 18.2 Å². The number of nitrogens with zero attached hydrogens (tertiary/aromatic N) is 2. The summed E-state index contributed by atoms with van der Waals surface area (Å²) in [6, 6.07) is 5.17. The minimum absolute atomic E-state index is 0.458. The van der Waals surface area contributed by atoms with E-state index in [4.69, 9.17) is 28.9 Å². The molecule has 0 bridgehead atoms. The van der Waals surface area contributed by atoms with Gasteiger partial charge >= 0.3 is 0 Å². The zero-order valence-electron chi connectivity index (χ0n) is 11.7. The normalized spacial score (nSPS) is 10.4. The highest BCUT2D eigenvalue weighted by atomic mass is 35.5. The third-order valence-electron chi connectivity index (χ3n) is 2.89. The number of anilines is 4. The van der Waals surface area contributed by atoms with Crippen molar-refractivity contribution in [1.82, 2.24) is 9.97 Å². The molecule has 4 N–H and O–H groups in total. The van der Waals surface area contributed by atoms with E-state index in [1.165, 1.54) is 6.33 Å². The van der Waals surface area contributed by atoms with Gasteiger partial charge in [0.05, 0.1) is 10.7 Å². The highest BCUT2D eigenvalue weighted by Crippen LogP contribution is 2.31. The summed E-state index contributed by atoms with van der Waals surface area (Å²) in [5.74, 6) is 1.12. The molecule has 0 spiro atoms. The van der Waals surface area contributed by atoms with Gasteiger partial charge in [0.2, 0.25) is 0 Å². The molecule has 7 heteroatoms. The molecule has 0 radical (unpaired) electrons.